The Labute approximate surface area is 139 Å². The first-order valence-electron chi connectivity index (χ1n) is 7.44. The molecule has 1 aliphatic rings. The molecule has 23 heavy (non-hydrogen) atoms. The van der Waals surface area contributed by atoms with E-state index < -0.39 is 0 Å². The predicted octanol–water partition coefficient (Wildman–Crippen LogP) is 2.27. The molecule has 3 rings (SSSR count). The van der Waals surface area contributed by atoms with Crippen LogP contribution in [0.15, 0.2) is 48.5 Å². The van der Waals surface area contributed by atoms with E-state index in [1.807, 2.05) is 30.3 Å². The van der Waals surface area contributed by atoms with Crippen molar-refractivity contribution in [1.29, 1.82) is 0 Å². The minimum absolute atomic E-state index is 0.0784. The molecule has 120 valence electrons. The van der Waals surface area contributed by atoms with Crippen molar-refractivity contribution in [3.05, 3.63) is 64.7 Å². The van der Waals surface area contributed by atoms with Crippen molar-refractivity contribution < 1.29 is 9.90 Å². The molecule has 2 aromatic carbocycles. The summed E-state index contributed by atoms with van der Waals surface area (Å²) in [5.74, 6) is 0.0874. The molecular formula is C17H18ClN3O2. The highest BCUT2D eigenvalue weighted by molar-refractivity contribution is 6.30. The van der Waals surface area contributed by atoms with Gasteiger partial charge in [0.1, 0.15) is 11.8 Å². The molecular weight excluding hydrogens is 314 g/mol. The number of carbonyl (C=O) groups is 1. The first kappa shape index (κ1) is 15.8. The van der Waals surface area contributed by atoms with E-state index in [4.69, 9.17) is 11.6 Å². The first-order chi connectivity index (χ1) is 11.1. The summed E-state index contributed by atoms with van der Waals surface area (Å²) in [6, 6.07) is 14.1. The van der Waals surface area contributed by atoms with Crippen LogP contribution >= 0.6 is 11.6 Å². The lowest BCUT2D eigenvalue weighted by Crippen LogP contribution is -2.42. The van der Waals surface area contributed by atoms with Gasteiger partial charge in [0, 0.05) is 17.1 Å². The van der Waals surface area contributed by atoms with Gasteiger partial charge in [0.2, 0.25) is 5.91 Å². The normalized spacial score (nSPS) is 20.4. The van der Waals surface area contributed by atoms with Gasteiger partial charge in [-0.3, -0.25) is 4.79 Å². The molecule has 0 aliphatic carbocycles. The monoisotopic (exact) mass is 331 g/mol. The van der Waals surface area contributed by atoms with Gasteiger partial charge in [-0.05, 0) is 30.2 Å². The van der Waals surface area contributed by atoms with Gasteiger partial charge in [-0.1, -0.05) is 41.9 Å². The number of carbonyl (C=O) groups excluding carboxylic acids is 1. The summed E-state index contributed by atoms with van der Waals surface area (Å²) in [7, 11) is 0. The maximum atomic E-state index is 12.2. The lowest BCUT2D eigenvalue weighted by atomic mass is 10.0. The molecule has 0 aromatic heterocycles. The van der Waals surface area contributed by atoms with Crippen LogP contribution in [0.4, 0.5) is 0 Å². The fraction of sp³-hybridized carbons (Fsp3) is 0.235. The summed E-state index contributed by atoms with van der Waals surface area (Å²) < 4.78 is 0. The van der Waals surface area contributed by atoms with Crippen LogP contribution in [0.2, 0.25) is 5.02 Å². The summed E-state index contributed by atoms with van der Waals surface area (Å²) in [5, 5.41) is 13.4. The Balaban J connectivity index is 1.59. The minimum Gasteiger partial charge on any atom is -0.508 e. The number of amides is 1. The van der Waals surface area contributed by atoms with Crippen LogP contribution in [0.1, 0.15) is 23.6 Å². The number of benzene rings is 2. The Kier molecular flexibility index (Phi) is 4.81. The number of phenols is 1. The third kappa shape index (κ3) is 3.82. The zero-order valence-corrected chi connectivity index (χ0v) is 13.2. The van der Waals surface area contributed by atoms with E-state index in [2.05, 4.69) is 16.2 Å². The SMILES string of the molecule is O=C(NCc1ccccc1)C1CC(c2cc(Cl)ccc2O)NN1. The van der Waals surface area contributed by atoms with Crippen molar-refractivity contribution in [2.45, 2.75) is 25.0 Å². The Hall–Kier alpha value is -2.08. The number of hydrogen-bond acceptors (Lipinski definition) is 4. The number of hydrogen-bond donors (Lipinski definition) is 4. The van der Waals surface area contributed by atoms with Crippen LogP contribution in [-0.4, -0.2) is 17.1 Å². The summed E-state index contributed by atoms with van der Waals surface area (Å²) >= 11 is 5.97. The van der Waals surface area contributed by atoms with Gasteiger partial charge in [-0.15, -0.1) is 0 Å². The second-order valence-electron chi connectivity index (χ2n) is 5.54. The smallest absolute Gasteiger partial charge is 0.238 e. The van der Waals surface area contributed by atoms with Gasteiger partial charge < -0.3 is 10.4 Å². The molecule has 0 spiro atoms. The number of aromatic hydroxyl groups is 1. The molecule has 2 aromatic rings. The summed E-state index contributed by atoms with van der Waals surface area (Å²) in [6.07, 6.45) is 0.536. The third-order valence-electron chi connectivity index (χ3n) is 3.89. The van der Waals surface area contributed by atoms with Crippen LogP contribution in [0.25, 0.3) is 0 Å². The zero-order chi connectivity index (χ0) is 16.2. The molecule has 0 saturated carbocycles. The van der Waals surface area contributed by atoms with E-state index in [1.165, 1.54) is 0 Å². The topological polar surface area (TPSA) is 73.4 Å². The van der Waals surface area contributed by atoms with Crippen molar-refractivity contribution in [2.24, 2.45) is 0 Å². The van der Waals surface area contributed by atoms with Crippen molar-refractivity contribution in [2.75, 3.05) is 0 Å². The number of rotatable bonds is 4. The summed E-state index contributed by atoms with van der Waals surface area (Å²) in [4.78, 5) is 12.2. The van der Waals surface area contributed by atoms with Crippen LogP contribution in [0, 0.1) is 0 Å². The first-order valence-corrected chi connectivity index (χ1v) is 7.82. The van der Waals surface area contributed by atoms with E-state index in [0.717, 1.165) is 5.56 Å². The standard InChI is InChI=1S/C17H18ClN3O2/c18-12-6-7-16(22)13(8-12)14-9-15(21-20-14)17(23)19-10-11-4-2-1-3-5-11/h1-8,14-15,20-22H,9-10H2,(H,19,23). The van der Waals surface area contributed by atoms with Crippen molar-refractivity contribution in [3.63, 3.8) is 0 Å². The van der Waals surface area contributed by atoms with E-state index in [-0.39, 0.29) is 23.7 Å². The average Bonchev–Trinajstić information content (AvgIpc) is 3.06. The van der Waals surface area contributed by atoms with Crippen LogP contribution in [-0.2, 0) is 11.3 Å². The molecule has 1 amide bonds. The quantitative estimate of drug-likeness (QED) is 0.693. The zero-order valence-electron chi connectivity index (χ0n) is 12.4. The Morgan fingerprint density at radius 2 is 2.00 bits per heavy atom. The van der Waals surface area contributed by atoms with Crippen molar-refractivity contribution in [1.82, 2.24) is 16.2 Å². The molecule has 0 radical (unpaired) electrons. The molecule has 2 atom stereocenters. The van der Waals surface area contributed by atoms with Crippen LogP contribution < -0.4 is 16.2 Å². The number of hydrazine groups is 1. The molecule has 1 aliphatic heterocycles. The van der Waals surface area contributed by atoms with E-state index in [0.29, 0.717) is 23.6 Å². The fourth-order valence-corrected chi connectivity index (χ4v) is 2.83. The molecule has 0 bridgehead atoms. The third-order valence-corrected chi connectivity index (χ3v) is 4.13. The maximum absolute atomic E-state index is 12.2. The highest BCUT2D eigenvalue weighted by Gasteiger charge is 2.31. The average molecular weight is 332 g/mol. The lowest BCUT2D eigenvalue weighted by Gasteiger charge is -2.12. The Morgan fingerprint density at radius 1 is 1.22 bits per heavy atom. The summed E-state index contributed by atoms with van der Waals surface area (Å²) in [6.45, 7) is 0.491. The second kappa shape index (κ2) is 7.00. The maximum Gasteiger partial charge on any atom is 0.238 e. The van der Waals surface area contributed by atoms with E-state index in [1.54, 1.807) is 18.2 Å². The molecule has 1 saturated heterocycles. The predicted molar refractivity (Wildman–Crippen MR) is 88.8 cm³/mol. The van der Waals surface area contributed by atoms with Gasteiger partial charge in [-0.2, -0.15) is 0 Å². The van der Waals surface area contributed by atoms with Gasteiger partial charge in [0.25, 0.3) is 0 Å². The molecule has 2 unspecified atom stereocenters. The van der Waals surface area contributed by atoms with Crippen LogP contribution in [0.3, 0.4) is 0 Å². The summed E-state index contributed by atoms with van der Waals surface area (Å²) in [5.41, 5.74) is 7.75. The van der Waals surface area contributed by atoms with Crippen molar-refractivity contribution in [3.8, 4) is 5.75 Å². The van der Waals surface area contributed by atoms with Gasteiger partial charge in [-0.25, -0.2) is 10.9 Å². The van der Waals surface area contributed by atoms with Gasteiger partial charge >= 0.3 is 0 Å². The number of nitrogens with one attached hydrogen (secondary N) is 3. The Morgan fingerprint density at radius 3 is 2.78 bits per heavy atom. The molecule has 6 heteroatoms. The highest BCUT2D eigenvalue weighted by atomic mass is 35.5. The molecule has 1 heterocycles. The number of halogens is 1. The minimum atomic E-state index is -0.359. The fourth-order valence-electron chi connectivity index (χ4n) is 2.64. The molecule has 1 fully saturated rings. The largest absolute Gasteiger partial charge is 0.508 e. The van der Waals surface area contributed by atoms with Crippen molar-refractivity contribution >= 4 is 17.5 Å². The molecule has 5 nitrogen and oxygen atoms in total. The van der Waals surface area contributed by atoms with Gasteiger partial charge in [0.05, 0.1) is 6.04 Å². The van der Waals surface area contributed by atoms with E-state index in [9.17, 15) is 9.90 Å². The second-order valence-corrected chi connectivity index (χ2v) is 5.97. The van der Waals surface area contributed by atoms with E-state index >= 15 is 0 Å². The number of phenolic OH excluding ortho intramolecular Hbond substituents is 1. The Bertz CT molecular complexity index is 693. The van der Waals surface area contributed by atoms with Gasteiger partial charge in [0.15, 0.2) is 0 Å². The molecule has 4 N–H and O–H groups in total. The lowest BCUT2D eigenvalue weighted by molar-refractivity contribution is -0.123. The van der Waals surface area contributed by atoms with Crippen LogP contribution in [0.5, 0.6) is 5.75 Å². The highest BCUT2D eigenvalue weighted by Crippen LogP contribution is 2.31.